The second-order valence-electron chi connectivity index (χ2n) is 12.9. The van der Waals surface area contributed by atoms with Crippen molar-refractivity contribution >= 4 is 65.2 Å². The van der Waals surface area contributed by atoms with Crippen LogP contribution in [0, 0.1) is 0 Å². The van der Waals surface area contributed by atoms with E-state index in [0.29, 0.717) is 0 Å². The first-order chi connectivity index (χ1) is 22.8. The zero-order chi connectivity index (χ0) is 30.7. The highest BCUT2D eigenvalue weighted by molar-refractivity contribution is 6.11. The molecular weight excluding hydrogens is 556 g/mol. The normalized spacial score (nSPS) is 11.9. The first kappa shape index (κ1) is 28.6. The van der Waals surface area contributed by atoms with E-state index >= 15 is 0 Å². The molecule has 46 heavy (non-hydrogen) atoms. The monoisotopic (exact) mass is 596 g/mol. The predicted molar refractivity (Wildman–Crippen MR) is 198 cm³/mol. The van der Waals surface area contributed by atoms with Gasteiger partial charge in [0.15, 0.2) is 0 Å². The Morgan fingerprint density at radius 3 is 1.13 bits per heavy atom. The van der Waals surface area contributed by atoms with Crippen LogP contribution in [-0.4, -0.2) is 9.97 Å². The first-order valence-electron chi connectivity index (χ1n) is 17.2. The predicted octanol–water partition coefficient (Wildman–Crippen LogP) is 12.3. The van der Waals surface area contributed by atoms with Gasteiger partial charge in [-0.1, -0.05) is 148 Å². The van der Waals surface area contributed by atoms with Crippen molar-refractivity contribution in [3.63, 3.8) is 0 Å². The molecule has 0 radical (unpaired) electrons. The molecule has 0 saturated carbocycles. The minimum absolute atomic E-state index is 1.11. The molecule has 0 spiro atoms. The topological polar surface area (TPSA) is 25.8 Å². The Morgan fingerprint density at radius 1 is 0.304 bits per heavy atom. The Balaban J connectivity index is 0.867. The number of aromatic nitrogens is 2. The fourth-order valence-electron chi connectivity index (χ4n) is 7.62. The van der Waals surface area contributed by atoms with Crippen LogP contribution in [0.1, 0.15) is 62.5 Å². The summed E-state index contributed by atoms with van der Waals surface area (Å²) in [5.41, 5.74) is 7.46. The molecule has 0 atom stereocenters. The molecule has 0 amide bonds. The minimum atomic E-state index is 1.11. The number of rotatable bonds is 11. The number of hydrogen-bond donors (Lipinski definition) is 0. The van der Waals surface area contributed by atoms with Gasteiger partial charge >= 0.3 is 0 Å². The van der Waals surface area contributed by atoms with Crippen LogP contribution in [0.3, 0.4) is 0 Å². The van der Waals surface area contributed by atoms with Crippen LogP contribution < -0.4 is 0 Å². The molecule has 0 unspecified atom stereocenters. The lowest BCUT2D eigenvalue weighted by atomic mass is 9.94. The lowest BCUT2D eigenvalue weighted by Crippen LogP contribution is -1.95. The minimum Gasteiger partial charge on any atom is -0.247 e. The molecular formula is C44H40N2. The van der Waals surface area contributed by atoms with Gasteiger partial charge in [-0.15, -0.1) is 0 Å². The second-order valence-corrected chi connectivity index (χ2v) is 12.9. The first-order valence-corrected chi connectivity index (χ1v) is 17.2. The number of benzene rings is 6. The molecule has 8 rings (SSSR count). The maximum atomic E-state index is 5.12. The highest BCUT2D eigenvalue weighted by Gasteiger charge is 2.13. The molecule has 0 aliphatic rings. The number of nitrogens with zero attached hydrogens (tertiary/aromatic N) is 2. The molecule has 2 heterocycles. The van der Waals surface area contributed by atoms with E-state index in [4.69, 9.17) is 9.97 Å². The van der Waals surface area contributed by atoms with E-state index in [1.807, 2.05) is 0 Å². The van der Waals surface area contributed by atoms with Crippen molar-refractivity contribution in [3.8, 4) is 0 Å². The maximum Gasteiger partial charge on any atom is 0.0790 e. The van der Waals surface area contributed by atoms with Gasteiger partial charge in [-0.25, -0.2) is 9.97 Å². The zero-order valence-electron chi connectivity index (χ0n) is 26.5. The van der Waals surface area contributed by atoms with E-state index in [2.05, 4.69) is 121 Å². The van der Waals surface area contributed by atoms with E-state index in [0.717, 1.165) is 34.9 Å². The lowest BCUT2D eigenvalue weighted by molar-refractivity contribution is 0.569. The summed E-state index contributed by atoms with van der Waals surface area (Å²) in [6.45, 7) is 0. The van der Waals surface area contributed by atoms with E-state index in [-0.39, 0.29) is 0 Å². The Bertz CT molecular complexity index is 2170. The average molecular weight is 597 g/mol. The van der Waals surface area contributed by atoms with Gasteiger partial charge in [0.25, 0.3) is 0 Å². The summed E-state index contributed by atoms with van der Waals surface area (Å²) in [7, 11) is 0. The summed E-state index contributed by atoms with van der Waals surface area (Å²) in [5.74, 6) is 0. The number of aryl methyl sites for hydroxylation is 2. The molecule has 0 bridgehead atoms. The van der Waals surface area contributed by atoms with E-state index in [1.54, 1.807) is 0 Å². The number of unbranched alkanes of at least 4 members (excludes halogenated alkanes) is 7. The largest absolute Gasteiger partial charge is 0.247 e. The molecule has 8 aromatic rings. The van der Waals surface area contributed by atoms with Gasteiger partial charge in [0.1, 0.15) is 0 Å². The summed E-state index contributed by atoms with van der Waals surface area (Å²) in [6, 6.07) is 43.8. The quantitative estimate of drug-likeness (QED) is 0.0843. The van der Waals surface area contributed by atoms with Gasteiger partial charge in [0.2, 0.25) is 0 Å². The van der Waals surface area contributed by atoms with Gasteiger partial charge in [-0.2, -0.15) is 0 Å². The molecule has 0 aliphatic heterocycles. The van der Waals surface area contributed by atoms with Crippen molar-refractivity contribution in [1.29, 1.82) is 0 Å². The number of fused-ring (bicyclic) bond motifs is 8. The Kier molecular flexibility index (Phi) is 8.02. The zero-order valence-corrected chi connectivity index (χ0v) is 26.5. The summed E-state index contributed by atoms with van der Waals surface area (Å²) < 4.78 is 0. The number of hydrogen-bond acceptors (Lipinski definition) is 2. The third kappa shape index (κ3) is 5.47. The maximum absolute atomic E-state index is 5.12. The standard InChI is InChI=1S/C44H40N2/c1(3-5-7-21-35-37-23-13-15-25-41(37)45-43-33-19-11-9-17-31(33)27-29-39(35)43)2-4-6-8-22-36-38-24-14-16-26-42(38)46-44-34-20-12-10-18-32(34)28-30-40(36)44/h9-20,23-30H,1-8,21-22H2. The molecule has 2 heteroatoms. The summed E-state index contributed by atoms with van der Waals surface area (Å²) in [4.78, 5) is 10.2. The average Bonchev–Trinajstić information content (AvgIpc) is 3.11. The van der Waals surface area contributed by atoms with Crippen molar-refractivity contribution < 1.29 is 0 Å². The van der Waals surface area contributed by atoms with Gasteiger partial charge < -0.3 is 0 Å². The van der Waals surface area contributed by atoms with Crippen LogP contribution in [0.25, 0.3) is 65.2 Å². The number of pyridine rings is 2. The lowest BCUT2D eigenvalue weighted by Gasteiger charge is -2.13. The third-order valence-corrected chi connectivity index (χ3v) is 9.98. The van der Waals surface area contributed by atoms with Crippen LogP contribution >= 0.6 is 0 Å². The van der Waals surface area contributed by atoms with E-state index in [9.17, 15) is 0 Å². The Morgan fingerprint density at radius 2 is 0.674 bits per heavy atom. The summed E-state index contributed by atoms with van der Waals surface area (Å²) in [6.07, 6.45) is 12.5. The van der Waals surface area contributed by atoms with Crippen molar-refractivity contribution in [3.05, 3.63) is 132 Å². The Labute approximate surface area is 271 Å². The molecule has 6 aromatic carbocycles. The Hall–Kier alpha value is -4.82. The summed E-state index contributed by atoms with van der Waals surface area (Å²) in [5, 5.41) is 10.3. The molecule has 0 fully saturated rings. The highest BCUT2D eigenvalue weighted by Crippen LogP contribution is 2.34. The molecule has 0 aliphatic carbocycles. The SMILES string of the molecule is c1ccc2c(c1)ccc1c(CCCCCCCCCCc3c4ccccc4nc4c3ccc3ccccc34)c3ccccc3nc12. The molecule has 226 valence electrons. The van der Waals surface area contributed by atoms with Crippen molar-refractivity contribution in [2.45, 2.75) is 64.2 Å². The fourth-order valence-corrected chi connectivity index (χ4v) is 7.62. The van der Waals surface area contributed by atoms with Gasteiger partial charge in [-0.05, 0) is 59.7 Å². The van der Waals surface area contributed by atoms with Gasteiger partial charge in [-0.3, -0.25) is 0 Å². The van der Waals surface area contributed by atoms with Crippen LogP contribution in [-0.2, 0) is 12.8 Å². The second kappa shape index (κ2) is 12.9. The highest BCUT2D eigenvalue weighted by atomic mass is 14.7. The van der Waals surface area contributed by atoms with Crippen LogP contribution in [0.4, 0.5) is 0 Å². The summed E-state index contributed by atoms with van der Waals surface area (Å²) >= 11 is 0. The smallest absolute Gasteiger partial charge is 0.0790 e. The van der Waals surface area contributed by atoms with E-state index < -0.39 is 0 Å². The van der Waals surface area contributed by atoms with Crippen molar-refractivity contribution in [2.24, 2.45) is 0 Å². The third-order valence-electron chi connectivity index (χ3n) is 9.98. The van der Waals surface area contributed by atoms with Gasteiger partial charge in [0.05, 0.1) is 22.1 Å². The number of para-hydroxylation sites is 2. The van der Waals surface area contributed by atoms with Gasteiger partial charge in [0, 0.05) is 32.3 Å². The van der Waals surface area contributed by atoms with Crippen LogP contribution in [0.5, 0.6) is 0 Å². The van der Waals surface area contributed by atoms with Crippen molar-refractivity contribution in [1.82, 2.24) is 9.97 Å². The molecule has 0 saturated heterocycles. The van der Waals surface area contributed by atoms with E-state index in [1.165, 1.54) is 106 Å². The van der Waals surface area contributed by atoms with Crippen LogP contribution in [0.15, 0.2) is 121 Å². The molecule has 2 nitrogen and oxygen atoms in total. The fraction of sp³-hybridized carbons (Fsp3) is 0.227. The molecule has 0 N–H and O–H groups in total. The van der Waals surface area contributed by atoms with Crippen molar-refractivity contribution in [2.75, 3.05) is 0 Å². The molecule has 2 aromatic heterocycles. The van der Waals surface area contributed by atoms with Crippen LogP contribution in [0.2, 0.25) is 0 Å².